The zero-order chi connectivity index (χ0) is 12.4. The van der Waals surface area contributed by atoms with E-state index >= 15 is 0 Å². The van der Waals surface area contributed by atoms with Gasteiger partial charge in [-0.2, -0.15) is 11.8 Å². The average Bonchev–Trinajstić information content (AvgIpc) is 2.22. The summed E-state index contributed by atoms with van der Waals surface area (Å²) in [6.07, 6.45) is 0. The summed E-state index contributed by atoms with van der Waals surface area (Å²) in [5, 5.41) is 1.44. The van der Waals surface area contributed by atoms with Crippen molar-refractivity contribution < 1.29 is 0 Å². The zero-order valence-electron chi connectivity index (χ0n) is 10.3. The molecule has 2 N–H and O–H groups in total. The van der Waals surface area contributed by atoms with E-state index in [0.29, 0.717) is 0 Å². The molecular weight excluding hydrogens is 296 g/mol. The SMILES string of the molecule is CC1CN(Cc2cc(N)ccc2Br)CC(C)S1. The molecule has 1 heterocycles. The third-order valence-corrected chi connectivity index (χ3v) is 4.96. The Morgan fingerprint density at radius 2 is 2.00 bits per heavy atom. The molecule has 2 atom stereocenters. The van der Waals surface area contributed by atoms with Crippen LogP contribution in [-0.2, 0) is 6.54 Å². The summed E-state index contributed by atoms with van der Waals surface area (Å²) in [6.45, 7) is 7.93. The fourth-order valence-electron chi connectivity index (χ4n) is 2.37. The molecule has 0 spiro atoms. The maximum absolute atomic E-state index is 5.84. The quantitative estimate of drug-likeness (QED) is 0.849. The van der Waals surface area contributed by atoms with Gasteiger partial charge < -0.3 is 5.73 Å². The summed E-state index contributed by atoms with van der Waals surface area (Å²) < 4.78 is 1.16. The Bertz CT molecular complexity index is 387. The van der Waals surface area contributed by atoms with Gasteiger partial charge in [0.1, 0.15) is 0 Å². The van der Waals surface area contributed by atoms with Crippen LogP contribution in [0.4, 0.5) is 5.69 Å². The van der Waals surface area contributed by atoms with E-state index in [-0.39, 0.29) is 0 Å². The highest BCUT2D eigenvalue weighted by Crippen LogP contribution is 2.27. The maximum atomic E-state index is 5.84. The smallest absolute Gasteiger partial charge is 0.0318 e. The molecule has 0 radical (unpaired) electrons. The number of nitrogens with two attached hydrogens (primary N) is 1. The molecule has 1 saturated heterocycles. The molecule has 1 aromatic carbocycles. The lowest BCUT2D eigenvalue weighted by Gasteiger charge is -2.34. The Morgan fingerprint density at radius 3 is 2.65 bits per heavy atom. The molecule has 2 rings (SSSR count). The van der Waals surface area contributed by atoms with Crippen LogP contribution in [0, 0.1) is 0 Å². The van der Waals surface area contributed by atoms with Gasteiger partial charge in [0.25, 0.3) is 0 Å². The van der Waals surface area contributed by atoms with Crippen LogP contribution in [0.1, 0.15) is 19.4 Å². The zero-order valence-corrected chi connectivity index (χ0v) is 12.7. The number of hydrogen-bond donors (Lipinski definition) is 1. The largest absolute Gasteiger partial charge is 0.399 e. The molecule has 1 aliphatic rings. The lowest BCUT2D eigenvalue weighted by atomic mass is 10.2. The topological polar surface area (TPSA) is 29.3 Å². The van der Waals surface area contributed by atoms with Gasteiger partial charge >= 0.3 is 0 Å². The standard InChI is InChI=1S/C13H19BrN2S/c1-9-6-16(7-10(2)17-9)8-11-5-12(15)3-4-13(11)14/h3-5,9-10H,6-8,15H2,1-2H3. The number of thioether (sulfide) groups is 1. The van der Waals surface area contributed by atoms with E-state index in [4.69, 9.17) is 5.73 Å². The summed E-state index contributed by atoms with van der Waals surface area (Å²) in [7, 11) is 0. The summed E-state index contributed by atoms with van der Waals surface area (Å²) in [4.78, 5) is 2.52. The van der Waals surface area contributed by atoms with Crippen molar-refractivity contribution in [3.8, 4) is 0 Å². The van der Waals surface area contributed by atoms with Gasteiger partial charge in [-0.1, -0.05) is 29.8 Å². The Morgan fingerprint density at radius 1 is 1.35 bits per heavy atom. The van der Waals surface area contributed by atoms with Crippen LogP contribution in [0.25, 0.3) is 0 Å². The number of nitrogen functional groups attached to an aromatic ring is 1. The number of benzene rings is 1. The Kier molecular flexibility index (Phi) is 4.39. The van der Waals surface area contributed by atoms with Gasteiger partial charge in [0.15, 0.2) is 0 Å². The van der Waals surface area contributed by atoms with E-state index in [0.717, 1.165) is 40.3 Å². The van der Waals surface area contributed by atoms with E-state index < -0.39 is 0 Å². The second-order valence-corrected chi connectivity index (χ2v) is 7.54. The van der Waals surface area contributed by atoms with Gasteiger partial charge in [-0.05, 0) is 23.8 Å². The lowest BCUT2D eigenvalue weighted by Crippen LogP contribution is -2.39. The summed E-state index contributed by atoms with van der Waals surface area (Å²) in [5.41, 5.74) is 7.98. The van der Waals surface area contributed by atoms with Crippen molar-refractivity contribution in [3.63, 3.8) is 0 Å². The van der Waals surface area contributed by atoms with E-state index in [1.165, 1.54) is 5.56 Å². The fourth-order valence-corrected chi connectivity index (χ4v) is 4.13. The molecule has 0 bridgehead atoms. The molecule has 4 heteroatoms. The highest BCUT2D eigenvalue weighted by Gasteiger charge is 2.22. The number of rotatable bonds is 2. The first-order valence-corrected chi connectivity index (χ1v) is 7.70. The average molecular weight is 315 g/mol. The third kappa shape index (κ3) is 3.63. The van der Waals surface area contributed by atoms with Crippen molar-refractivity contribution in [2.24, 2.45) is 0 Å². The summed E-state index contributed by atoms with van der Waals surface area (Å²) in [6, 6.07) is 6.04. The van der Waals surface area contributed by atoms with Crippen LogP contribution in [0.3, 0.4) is 0 Å². The first kappa shape index (κ1) is 13.2. The molecule has 94 valence electrons. The minimum Gasteiger partial charge on any atom is -0.399 e. The minimum absolute atomic E-state index is 0.721. The predicted octanol–water partition coefficient (Wildman–Crippen LogP) is 3.36. The van der Waals surface area contributed by atoms with Gasteiger partial charge in [-0.15, -0.1) is 0 Å². The van der Waals surface area contributed by atoms with Crippen LogP contribution in [-0.4, -0.2) is 28.5 Å². The van der Waals surface area contributed by atoms with Gasteiger partial charge in [0.05, 0.1) is 0 Å². The van der Waals surface area contributed by atoms with Crippen LogP contribution in [0.15, 0.2) is 22.7 Å². The molecule has 0 amide bonds. The number of hydrogen-bond acceptors (Lipinski definition) is 3. The van der Waals surface area contributed by atoms with Crippen molar-refractivity contribution >= 4 is 33.4 Å². The highest BCUT2D eigenvalue weighted by atomic mass is 79.9. The third-order valence-electron chi connectivity index (χ3n) is 2.96. The second kappa shape index (κ2) is 5.63. The van der Waals surface area contributed by atoms with E-state index in [9.17, 15) is 0 Å². The summed E-state index contributed by atoms with van der Waals surface area (Å²) >= 11 is 5.68. The first-order valence-electron chi connectivity index (χ1n) is 5.96. The normalized spacial score (nSPS) is 26.1. The minimum atomic E-state index is 0.721. The Hall–Kier alpha value is -0.190. The highest BCUT2D eigenvalue weighted by molar-refractivity contribution is 9.10. The Balaban J connectivity index is 2.07. The molecule has 2 nitrogen and oxygen atoms in total. The van der Waals surface area contributed by atoms with E-state index in [1.807, 2.05) is 12.1 Å². The lowest BCUT2D eigenvalue weighted by molar-refractivity contribution is 0.262. The molecule has 1 aromatic rings. The number of anilines is 1. The molecule has 0 aliphatic carbocycles. The molecule has 0 saturated carbocycles. The van der Waals surface area contributed by atoms with Crippen LogP contribution in [0.2, 0.25) is 0 Å². The van der Waals surface area contributed by atoms with Crippen molar-refractivity contribution in [2.45, 2.75) is 30.9 Å². The number of halogens is 1. The van der Waals surface area contributed by atoms with Gasteiger partial charge in [0.2, 0.25) is 0 Å². The van der Waals surface area contributed by atoms with E-state index in [1.54, 1.807) is 0 Å². The molecule has 1 fully saturated rings. The van der Waals surface area contributed by atoms with Crippen LogP contribution in [0.5, 0.6) is 0 Å². The molecule has 1 aliphatic heterocycles. The maximum Gasteiger partial charge on any atom is 0.0318 e. The fraction of sp³-hybridized carbons (Fsp3) is 0.538. The van der Waals surface area contributed by atoms with Gasteiger partial charge in [-0.3, -0.25) is 4.90 Å². The summed E-state index contributed by atoms with van der Waals surface area (Å²) in [5.74, 6) is 0. The molecule has 17 heavy (non-hydrogen) atoms. The van der Waals surface area contributed by atoms with Crippen LogP contribution >= 0.6 is 27.7 Å². The predicted molar refractivity (Wildman–Crippen MR) is 80.3 cm³/mol. The first-order chi connectivity index (χ1) is 8.04. The van der Waals surface area contributed by atoms with Crippen molar-refractivity contribution in [1.82, 2.24) is 4.90 Å². The van der Waals surface area contributed by atoms with Crippen molar-refractivity contribution in [1.29, 1.82) is 0 Å². The van der Waals surface area contributed by atoms with Crippen LogP contribution < -0.4 is 5.73 Å². The molecular formula is C13H19BrN2S. The van der Waals surface area contributed by atoms with Crippen molar-refractivity contribution in [2.75, 3.05) is 18.8 Å². The second-order valence-electron chi connectivity index (χ2n) is 4.80. The van der Waals surface area contributed by atoms with Gasteiger partial charge in [-0.25, -0.2) is 0 Å². The Labute approximate surface area is 116 Å². The van der Waals surface area contributed by atoms with E-state index in [2.05, 4.69) is 52.5 Å². The monoisotopic (exact) mass is 314 g/mol. The molecule has 2 unspecified atom stereocenters. The molecule has 0 aromatic heterocycles. The van der Waals surface area contributed by atoms with Gasteiger partial charge in [0, 0.05) is 40.3 Å². The van der Waals surface area contributed by atoms with Crippen molar-refractivity contribution in [3.05, 3.63) is 28.2 Å². The number of nitrogens with zero attached hydrogens (tertiary/aromatic N) is 1.